The number of carbonyl (C=O) groups is 3. The van der Waals surface area contributed by atoms with Crippen LogP contribution in [-0.2, 0) is 19.1 Å². The zero-order valence-electron chi connectivity index (χ0n) is 15.5. The standard InChI is InChI=1S/C19H23N3O4/c1-13-10-16(7-6-15(13)11-20)21-12-17(24)22(19(3,4)18(21)25)8-5-9-26-14(2)23/h6-7,10H,5,8-9,12H2,1-4H3. The summed E-state index contributed by atoms with van der Waals surface area (Å²) in [6, 6.07) is 7.17. The first-order chi connectivity index (χ1) is 12.2. The molecule has 1 saturated heterocycles. The van der Waals surface area contributed by atoms with E-state index in [1.807, 2.05) is 0 Å². The van der Waals surface area contributed by atoms with Crippen LogP contribution in [0, 0.1) is 18.3 Å². The fraction of sp³-hybridized carbons (Fsp3) is 0.474. The molecule has 1 aliphatic rings. The van der Waals surface area contributed by atoms with Crippen LogP contribution in [-0.4, -0.2) is 47.9 Å². The summed E-state index contributed by atoms with van der Waals surface area (Å²) in [5.74, 6) is -0.721. The van der Waals surface area contributed by atoms with Gasteiger partial charge in [-0.05, 0) is 51.0 Å². The third-order valence-electron chi connectivity index (χ3n) is 4.51. The summed E-state index contributed by atoms with van der Waals surface area (Å²) in [6.07, 6.45) is 0.470. The largest absolute Gasteiger partial charge is 0.466 e. The number of ether oxygens (including phenoxy) is 1. The number of amides is 2. The second-order valence-electron chi connectivity index (χ2n) is 6.80. The molecule has 0 bridgehead atoms. The third-order valence-corrected chi connectivity index (χ3v) is 4.51. The fourth-order valence-electron chi connectivity index (χ4n) is 3.04. The van der Waals surface area contributed by atoms with Crippen molar-refractivity contribution in [3.63, 3.8) is 0 Å². The van der Waals surface area contributed by atoms with Gasteiger partial charge in [-0.25, -0.2) is 0 Å². The van der Waals surface area contributed by atoms with Gasteiger partial charge >= 0.3 is 5.97 Å². The van der Waals surface area contributed by atoms with Gasteiger partial charge in [0.2, 0.25) is 5.91 Å². The molecule has 7 nitrogen and oxygen atoms in total. The van der Waals surface area contributed by atoms with Crippen molar-refractivity contribution in [1.82, 2.24) is 4.90 Å². The van der Waals surface area contributed by atoms with Crippen LogP contribution in [0.5, 0.6) is 0 Å². The van der Waals surface area contributed by atoms with Gasteiger partial charge in [0.25, 0.3) is 5.91 Å². The highest BCUT2D eigenvalue weighted by atomic mass is 16.5. The molecule has 0 N–H and O–H groups in total. The second kappa shape index (κ2) is 7.56. The molecule has 1 heterocycles. The molecule has 0 spiro atoms. The van der Waals surface area contributed by atoms with Crippen molar-refractivity contribution >= 4 is 23.5 Å². The lowest BCUT2D eigenvalue weighted by atomic mass is 9.95. The number of aryl methyl sites for hydroxylation is 1. The molecule has 0 aromatic heterocycles. The van der Waals surface area contributed by atoms with Crippen LogP contribution >= 0.6 is 0 Å². The number of nitrogens with zero attached hydrogens (tertiary/aromatic N) is 3. The topological polar surface area (TPSA) is 90.7 Å². The number of piperazine rings is 1. The predicted octanol–water partition coefficient (Wildman–Crippen LogP) is 1.77. The van der Waals surface area contributed by atoms with Gasteiger partial charge in [0, 0.05) is 19.2 Å². The maximum Gasteiger partial charge on any atom is 0.302 e. The Bertz CT molecular complexity index is 779. The van der Waals surface area contributed by atoms with E-state index in [0.29, 0.717) is 24.2 Å². The van der Waals surface area contributed by atoms with E-state index in [1.54, 1.807) is 39.0 Å². The van der Waals surface area contributed by atoms with E-state index in [4.69, 9.17) is 10.00 Å². The van der Waals surface area contributed by atoms with Crippen molar-refractivity contribution < 1.29 is 19.1 Å². The minimum Gasteiger partial charge on any atom is -0.466 e. The first-order valence-electron chi connectivity index (χ1n) is 8.45. The first kappa shape index (κ1) is 19.4. The molecule has 0 saturated carbocycles. The Labute approximate surface area is 153 Å². The van der Waals surface area contributed by atoms with Crippen LogP contribution in [0.1, 0.15) is 38.3 Å². The van der Waals surface area contributed by atoms with Gasteiger partial charge in [0.15, 0.2) is 0 Å². The lowest BCUT2D eigenvalue weighted by Crippen LogP contribution is -2.66. The quantitative estimate of drug-likeness (QED) is 0.592. The molecule has 26 heavy (non-hydrogen) atoms. The van der Waals surface area contributed by atoms with Crippen LogP contribution in [0.4, 0.5) is 5.69 Å². The number of rotatable bonds is 5. The van der Waals surface area contributed by atoms with Crippen LogP contribution in [0.15, 0.2) is 18.2 Å². The number of benzene rings is 1. The SMILES string of the molecule is CC(=O)OCCCN1C(=O)CN(c2ccc(C#N)c(C)c2)C(=O)C1(C)C. The van der Waals surface area contributed by atoms with Gasteiger partial charge in [0.1, 0.15) is 12.1 Å². The molecule has 1 aromatic rings. The van der Waals surface area contributed by atoms with Gasteiger partial charge in [-0.2, -0.15) is 5.26 Å². The minimum absolute atomic E-state index is 0.0544. The number of hydrogen-bond acceptors (Lipinski definition) is 5. The number of nitriles is 1. The number of hydrogen-bond donors (Lipinski definition) is 0. The fourth-order valence-corrected chi connectivity index (χ4v) is 3.04. The van der Waals surface area contributed by atoms with Gasteiger partial charge in [-0.15, -0.1) is 0 Å². The molecular formula is C19H23N3O4. The monoisotopic (exact) mass is 357 g/mol. The zero-order valence-corrected chi connectivity index (χ0v) is 15.5. The second-order valence-corrected chi connectivity index (χ2v) is 6.80. The van der Waals surface area contributed by atoms with Crippen molar-refractivity contribution in [1.29, 1.82) is 5.26 Å². The van der Waals surface area contributed by atoms with E-state index in [2.05, 4.69) is 6.07 Å². The van der Waals surface area contributed by atoms with Crippen LogP contribution in [0.25, 0.3) is 0 Å². The molecule has 0 atom stereocenters. The number of carbonyl (C=O) groups excluding carboxylic acids is 3. The van der Waals surface area contributed by atoms with Crippen LogP contribution in [0.2, 0.25) is 0 Å². The number of esters is 1. The Hall–Kier alpha value is -2.88. The summed E-state index contributed by atoms with van der Waals surface area (Å²) in [5, 5.41) is 9.05. The molecule has 2 rings (SSSR count). The molecular weight excluding hydrogens is 334 g/mol. The molecule has 0 unspecified atom stereocenters. The molecule has 1 aromatic carbocycles. The van der Waals surface area contributed by atoms with E-state index in [9.17, 15) is 14.4 Å². The van der Waals surface area contributed by atoms with E-state index in [0.717, 1.165) is 5.56 Å². The van der Waals surface area contributed by atoms with Crippen LogP contribution in [0.3, 0.4) is 0 Å². The molecule has 2 amide bonds. The summed E-state index contributed by atoms with van der Waals surface area (Å²) < 4.78 is 4.89. The average Bonchev–Trinajstić information content (AvgIpc) is 2.57. The summed E-state index contributed by atoms with van der Waals surface area (Å²) in [6.45, 7) is 7.04. The zero-order chi connectivity index (χ0) is 19.5. The molecule has 138 valence electrons. The average molecular weight is 357 g/mol. The Morgan fingerprint density at radius 2 is 2.04 bits per heavy atom. The normalized spacial score (nSPS) is 16.4. The summed E-state index contributed by atoms with van der Waals surface area (Å²) >= 11 is 0. The molecule has 0 radical (unpaired) electrons. The van der Waals surface area contributed by atoms with Crippen molar-refractivity contribution in [3.05, 3.63) is 29.3 Å². The molecule has 7 heteroatoms. The summed E-state index contributed by atoms with van der Waals surface area (Å²) in [4.78, 5) is 39.5. The van der Waals surface area contributed by atoms with Crippen LogP contribution < -0.4 is 4.90 Å². The van der Waals surface area contributed by atoms with Gasteiger partial charge in [0.05, 0.1) is 18.2 Å². The smallest absolute Gasteiger partial charge is 0.302 e. The van der Waals surface area contributed by atoms with Crippen molar-refractivity contribution in [2.75, 3.05) is 24.6 Å². The third kappa shape index (κ3) is 3.85. The van der Waals surface area contributed by atoms with E-state index in [-0.39, 0.29) is 30.9 Å². The Kier molecular flexibility index (Phi) is 5.66. The van der Waals surface area contributed by atoms with Gasteiger partial charge in [-0.1, -0.05) is 0 Å². The lowest BCUT2D eigenvalue weighted by molar-refractivity contribution is -0.149. The number of anilines is 1. The molecule has 1 fully saturated rings. The Morgan fingerprint density at radius 1 is 1.35 bits per heavy atom. The first-order valence-corrected chi connectivity index (χ1v) is 8.45. The maximum absolute atomic E-state index is 13.0. The highest BCUT2D eigenvalue weighted by molar-refractivity contribution is 6.08. The van der Waals surface area contributed by atoms with Crippen molar-refractivity contribution in [2.24, 2.45) is 0 Å². The summed E-state index contributed by atoms with van der Waals surface area (Å²) in [5.41, 5.74) is 0.892. The summed E-state index contributed by atoms with van der Waals surface area (Å²) in [7, 11) is 0. The van der Waals surface area contributed by atoms with E-state index in [1.165, 1.54) is 16.7 Å². The Morgan fingerprint density at radius 3 is 2.62 bits per heavy atom. The minimum atomic E-state index is -1.01. The van der Waals surface area contributed by atoms with E-state index >= 15 is 0 Å². The molecule has 1 aliphatic heterocycles. The highest BCUT2D eigenvalue weighted by Gasteiger charge is 2.45. The maximum atomic E-state index is 13.0. The van der Waals surface area contributed by atoms with Gasteiger partial charge in [-0.3, -0.25) is 14.4 Å². The van der Waals surface area contributed by atoms with Crippen molar-refractivity contribution in [3.8, 4) is 6.07 Å². The van der Waals surface area contributed by atoms with E-state index < -0.39 is 5.54 Å². The van der Waals surface area contributed by atoms with Crippen molar-refractivity contribution in [2.45, 2.75) is 39.7 Å². The Balaban J connectivity index is 2.17. The predicted molar refractivity (Wildman–Crippen MR) is 95.3 cm³/mol. The highest BCUT2D eigenvalue weighted by Crippen LogP contribution is 2.29. The lowest BCUT2D eigenvalue weighted by Gasteiger charge is -2.45. The molecule has 0 aliphatic carbocycles. The van der Waals surface area contributed by atoms with Gasteiger partial charge < -0.3 is 14.5 Å².